The molecule has 2 heteroatoms. The summed E-state index contributed by atoms with van der Waals surface area (Å²) in [5, 5.41) is 3.82. The van der Waals surface area contributed by atoms with Gasteiger partial charge in [0.25, 0.3) is 0 Å². The molecule has 294 valence electrons. The van der Waals surface area contributed by atoms with Gasteiger partial charge >= 0.3 is 0 Å². The van der Waals surface area contributed by atoms with E-state index in [0.29, 0.717) is 0 Å². The summed E-state index contributed by atoms with van der Waals surface area (Å²) < 4.78 is 5.02. The fraction of sp³-hybridized carbons (Fsp3) is 0.0667. The average molecular weight is 793 g/mol. The van der Waals surface area contributed by atoms with E-state index < -0.39 is 0 Å². The largest absolute Gasteiger partial charge is 0.313 e. The summed E-state index contributed by atoms with van der Waals surface area (Å²) in [5.41, 5.74) is 20.1. The van der Waals surface area contributed by atoms with Gasteiger partial charge in [0.1, 0.15) is 0 Å². The van der Waals surface area contributed by atoms with Crippen molar-refractivity contribution in [2.45, 2.75) is 25.2 Å². The van der Waals surface area contributed by atoms with E-state index in [-0.39, 0.29) is 5.92 Å². The van der Waals surface area contributed by atoms with Crippen LogP contribution in [0.2, 0.25) is 0 Å². The number of allylic oxidation sites excluding steroid dienone is 5. The third-order valence-corrected chi connectivity index (χ3v) is 13.1. The first-order chi connectivity index (χ1) is 30.7. The number of fused-ring (bicyclic) bond motifs is 6. The molecule has 0 bridgehead atoms. The summed E-state index contributed by atoms with van der Waals surface area (Å²) in [6.07, 6.45) is 12.6. The van der Waals surface area contributed by atoms with Crippen molar-refractivity contribution in [2.75, 3.05) is 0 Å². The Morgan fingerprint density at radius 3 is 1.66 bits per heavy atom. The maximum absolute atomic E-state index is 2.53. The molecule has 0 spiro atoms. The van der Waals surface area contributed by atoms with Crippen molar-refractivity contribution >= 4 is 50.1 Å². The molecule has 0 radical (unpaired) electrons. The highest BCUT2D eigenvalue weighted by atomic mass is 15.0. The van der Waals surface area contributed by atoms with Gasteiger partial charge in [-0.1, -0.05) is 170 Å². The lowest BCUT2D eigenvalue weighted by molar-refractivity contribution is 0.863. The maximum atomic E-state index is 2.53. The standard InChI is InChI=1S/C60H44N2/c1-5-17-41(18-6-1)47-33-48(42-19-7-2-8-20-42)36-51(35-47)61-57-27-15-13-25-53(57)55-39-45(29-31-59(55)61)46-30-32-60-56(40-46)54-26-14-16-28-58(54)62(60)52-37-49(43-21-9-3-10-22-43)34-50(38-52)44-23-11-4-12-24-44/h1-15,17-27,29-32,34-40,47H,16,28,33H2. The summed E-state index contributed by atoms with van der Waals surface area (Å²) in [5.74, 6) is 0.270. The van der Waals surface area contributed by atoms with Crippen molar-refractivity contribution in [1.82, 2.24) is 9.13 Å². The number of benzene rings is 8. The highest BCUT2D eigenvalue weighted by Crippen LogP contribution is 2.43. The molecule has 2 aliphatic rings. The van der Waals surface area contributed by atoms with E-state index in [4.69, 9.17) is 0 Å². The zero-order valence-electron chi connectivity index (χ0n) is 34.5. The predicted octanol–water partition coefficient (Wildman–Crippen LogP) is 15.8. The Hall–Kier alpha value is -7.68. The molecule has 2 nitrogen and oxygen atoms in total. The van der Waals surface area contributed by atoms with E-state index in [1.54, 1.807) is 0 Å². The van der Waals surface area contributed by atoms with Crippen molar-refractivity contribution < 1.29 is 0 Å². The average Bonchev–Trinajstić information content (AvgIpc) is 3.87. The first-order valence-corrected chi connectivity index (χ1v) is 21.9. The van der Waals surface area contributed by atoms with Gasteiger partial charge in [-0.2, -0.15) is 0 Å². The van der Waals surface area contributed by atoms with Gasteiger partial charge < -0.3 is 9.13 Å². The fourth-order valence-electron chi connectivity index (χ4n) is 10.2. The van der Waals surface area contributed by atoms with Gasteiger partial charge in [0.2, 0.25) is 0 Å². The Balaban J connectivity index is 1.00. The van der Waals surface area contributed by atoms with Crippen LogP contribution in [-0.4, -0.2) is 9.13 Å². The maximum Gasteiger partial charge on any atom is 0.0541 e. The third-order valence-electron chi connectivity index (χ3n) is 13.1. The van der Waals surface area contributed by atoms with E-state index in [2.05, 4.69) is 234 Å². The van der Waals surface area contributed by atoms with E-state index in [1.807, 2.05) is 0 Å². The van der Waals surface area contributed by atoms with Crippen molar-refractivity contribution in [3.63, 3.8) is 0 Å². The zero-order chi connectivity index (χ0) is 41.0. The number of aromatic nitrogens is 2. The topological polar surface area (TPSA) is 9.86 Å². The predicted molar refractivity (Wildman–Crippen MR) is 262 cm³/mol. The molecule has 10 aromatic rings. The Labute approximate surface area is 362 Å². The smallest absolute Gasteiger partial charge is 0.0541 e. The van der Waals surface area contributed by atoms with Crippen LogP contribution in [-0.2, 0) is 6.42 Å². The summed E-state index contributed by atoms with van der Waals surface area (Å²) >= 11 is 0. The van der Waals surface area contributed by atoms with Crippen LogP contribution in [0.4, 0.5) is 0 Å². The van der Waals surface area contributed by atoms with Crippen LogP contribution in [0.15, 0.2) is 218 Å². The molecule has 2 heterocycles. The Kier molecular flexibility index (Phi) is 8.81. The normalized spacial score (nSPS) is 14.9. The number of para-hydroxylation sites is 1. The Morgan fingerprint density at radius 1 is 0.419 bits per heavy atom. The molecule has 1 unspecified atom stereocenters. The van der Waals surface area contributed by atoms with E-state index in [9.17, 15) is 0 Å². The van der Waals surface area contributed by atoms with Crippen LogP contribution < -0.4 is 0 Å². The van der Waals surface area contributed by atoms with Gasteiger partial charge in [0, 0.05) is 44.7 Å². The molecule has 0 N–H and O–H groups in total. The lowest BCUT2D eigenvalue weighted by atomic mass is 9.84. The molecule has 0 saturated heterocycles. The lowest BCUT2D eigenvalue weighted by Crippen LogP contribution is -2.07. The second kappa shape index (κ2) is 15.1. The first kappa shape index (κ1) is 36.2. The fourth-order valence-corrected chi connectivity index (χ4v) is 10.2. The summed E-state index contributed by atoms with van der Waals surface area (Å²) in [7, 11) is 0. The minimum absolute atomic E-state index is 0.270. The highest BCUT2D eigenvalue weighted by molar-refractivity contribution is 6.12. The molecule has 0 fully saturated rings. The van der Waals surface area contributed by atoms with Gasteiger partial charge in [-0.05, 0) is 124 Å². The van der Waals surface area contributed by atoms with E-state index >= 15 is 0 Å². The molecule has 0 amide bonds. The second-order valence-electron chi connectivity index (χ2n) is 16.8. The summed E-state index contributed by atoms with van der Waals surface area (Å²) in [6, 6.07) is 73.7. The molecule has 0 aliphatic heterocycles. The lowest BCUT2D eigenvalue weighted by Gasteiger charge is -2.24. The number of hydrogen-bond donors (Lipinski definition) is 0. The number of hydrogen-bond acceptors (Lipinski definition) is 0. The molecule has 8 aromatic carbocycles. The van der Waals surface area contributed by atoms with Crippen molar-refractivity contribution in [1.29, 1.82) is 0 Å². The van der Waals surface area contributed by atoms with Gasteiger partial charge in [-0.3, -0.25) is 0 Å². The van der Waals surface area contributed by atoms with Crippen molar-refractivity contribution in [3.05, 3.63) is 241 Å². The second-order valence-corrected chi connectivity index (χ2v) is 16.8. The monoisotopic (exact) mass is 792 g/mol. The number of nitrogens with zero attached hydrogens (tertiary/aromatic N) is 2. The molecular formula is C60H44N2. The Morgan fingerprint density at radius 2 is 0.984 bits per heavy atom. The molecule has 2 aliphatic carbocycles. The molecule has 62 heavy (non-hydrogen) atoms. The zero-order valence-corrected chi connectivity index (χ0v) is 34.5. The van der Waals surface area contributed by atoms with Gasteiger partial charge in [-0.15, -0.1) is 0 Å². The van der Waals surface area contributed by atoms with E-state index in [1.165, 1.54) is 105 Å². The third kappa shape index (κ3) is 6.26. The molecule has 1 atom stereocenters. The van der Waals surface area contributed by atoms with Crippen LogP contribution >= 0.6 is 0 Å². The minimum atomic E-state index is 0.270. The summed E-state index contributed by atoms with van der Waals surface area (Å²) in [4.78, 5) is 0. The first-order valence-electron chi connectivity index (χ1n) is 21.9. The van der Waals surface area contributed by atoms with E-state index in [0.717, 1.165) is 19.3 Å². The van der Waals surface area contributed by atoms with Crippen LogP contribution in [0.3, 0.4) is 0 Å². The Bertz CT molecular complexity index is 3340. The van der Waals surface area contributed by atoms with Crippen molar-refractivity contribution in [3.8, 4) is 39.1 Å². The van der Waals surface area contributed by atoms with Crippen LogP contribution in [0.25, 0.3) is 89.1 Å². The minimum Gasteiger partial charge on any atom is -0.313 e. The van der Waals surface area contributed by atoms with Crippen LogP contribution in [0.1, 0.15) is 41.1 Å². The molecular weight excluding hydrogens is 749 g/mol. The van der Waals surface area contributed by atoms with Crippen LogP contribution in [0.5, 0.6) is 0 Å². The van der Waals surface area contributed by atoms with Gasteiger partial charge in [0.15, 0.2) is 0 Å². The SMILES string of the molecule is C1=Cc2c(n(-c3cc(-c4ccccc4)cc(-c4ccccc4)c3)c3ccc(-c4ccc5c(c4)c4ccccc4n5C4=CC(c5ccccc5)CC(c5ccccc5)=C4)cc23)CC1. The quantitative estimate of drug-likeness (QED) is 0.152. The van der Waals surface area contributed by atoms with Gasteiger partial charge in [-0.25, -0.2) is 0 Å². The molecule has 0 saturated carbocycles. The van der Waals surface area contributed by atoms with Crippen LogP contribution in [0, 0.1) is 0 Å². The summed E-state index contributed by atoms with van der Waals surface area (Å²) in [6.45, 7) is 0. The number of rotatable bonds is 7. The highest BCUT2D eigenvalue weighted by Gasteiger charge is 2.24. The van der Waals surface area contributed by atoms with Crippen molar-refractivity contribution in [2.24, 2.45) is 0 Å². The molecule has 12 rings (SSSR count). The molecule has 2 aromatic heterocycles. The van der Waals surface area contributed by atoms with Gasteiger partial charge in [0.05, 0.1) is 16.6 Å².